The van der Waals surface area contributed by atoms with E-state index in [2.05, 4.69) is 5.32 Å². The number of carbonyl (C=O) groups excluding carboxylic acids is 1. The molecule has 2 fully saturated rings. The molecule has 130 valence electrons. The van der Waals surface area contributed by atoms with E-state index in [1.165, 1.54) is 12.1 Å². The van der Waals surface area contributed by atoms with Gasteiger partial charge in [-0.1, -0.05) is 24.6 Å². The summed E-state index contributed by atoms with van der Waals surface area (Å²) in [5, 5.41) is 12.2. The monoisotopic (exact) mass is 354 g/mol. The van der Waals surface area contributed by atoms with Crippen molar-refractivity contribution in [1.29, 1.82) is 0 Å². The van der Waals surface area contributed by atoms with Gasteiger partial charge in [-0.15, -0.1) is 0 Å². The second-order valence-corrected chi connectivity index (χ2v) is 7.26. The molecular formula is C17H20ClFN2O3. The summed E-state index contributed by atoms with van der Waals surface area (Å²) in [5.41, 5.74) is 0.817. The highest BCUT2D eigenvalue weighted by molar-refractivity contribution is 6.30. The zero-order valence-electron chi connectivity index (χ0n) is 13.3. The number of hydrogen-bond acceptors (Lipinski definition) is 2. The number of urea groups is 1. The van der Waals surface area contributed by atoms with Crippen molar-refractivity contribution >= 4 is 23.6 Å². The number of benzene rings is 1. The first-order chi connectivity index (χ1) is 11.3. The molecule has 2 amide bonds. The lowest BCUT2D eigenvalue weighted by Gasteiger charge is -2.34. The number of hydrogen-bond donors (Lipinski definition) is 2. The molecule has 7 heteroatoms. The minimum absolute atomic E-state index is 0.0430. The summed E-state index contributed by atoms with van der Waals surface area (Å²) in [6.07, 6.45) is 1.34. The van der Waals surface area contributed by atoms with E-state index >= 15 is 0 Å². The van der Waals surface area contributed by atoms with Gasteiger partial charge < -0.3 is 15.3 Å². The van der Waals surface area contributed by atoms with E-state index in [0.29, 0.717) is 13.0 Å². The maximum absolute atomic E-state index is 13.5. The number of aliphatic carboxylic acids is 1. The van der Waals surface area contributed by atoms with Crippen molar-refractivity contribution in [3.8, 4) is 0 Å². The van der Waals surface area contributed by atoms with Gasteiger partial charge in [0.05, 0.1) is 10.9 Å². The van der Waals surface area contributed by atoms with Crippen molar-refractivity contribution < 1.29 is 19.1 Å². The van der Waals surface area contributed by atoms with E-state index in [0.717, 1.165) is 12.0 Å². The topological polar surface area (TPSA) is 69.6 Å². The van der Waals surface area contributed by atoms with Crippen LogP contribution >= 0.6 is 11.6 Å². The third kappa shape index (κ3) is 3.64. The molecule has 1 saturated carbocycles. The molecule has 1 heterocycles. The van der Waals surface area contributed by atoms with Crippen LogP contribution in [0.15, 0.2) is 18.2 Å². The Bertz CT molecular complexity index is 669. The fourth-order valence-corrected chi connectivity index (χ4v) is 3.53. The number of piperidine rings is 1. The molecule has 0 spiro atoms. The first-order valence-corrected chi connectivity index (χ1v) is 8.46. The van der Waals surface area contributed by atoms with Crippen molar-refractivity contribution in [2.75, 3.05) is 13.1 Å². The molecule has 1 saturated heterocycles. The van der Waals surface area contributed by atoms with Crippen LogP contribution in [0.25, 0.3) is 0 Å². The average molecular weight is 355 g/mol. The fourth-order valence-electron chi connectivity index (χ4n) is 3.41. The average Bonchev–Trinajstić information content (AvgIpc) is 3.28. The van der Waals surface area contributed by atoms with Gasteiger partial charge in [-0.25, -0.2) is 9.18 Å². The SMILES string of the molecule is CC1CC(C(=O)O)CN(C(=O)N[C@@H]2C[C@H]2c2ccc(Cl)c(F)c2)C1. The third-order valence-electron chi connectivity index (χ3n) is 4.77. The number of amides is 2. The van der Waals surface area contributed by atoms with Crippen molar-refractivity contribution in [2.24, 2.45) is 11.8 Å². The lowest BCUT2D eigenvalue weighted by Crippen LogP contribution is -2.50. The highest BCUT2D eigenvalue weighted by atomic mass is 35.5. The van der Waals surface area contributed by atoms with Gasteiger partial charge in [0, 0.05) is 25.0 Å². The molecule has 4 atom stereocenters. The second-order valence-electron chi connectivity index (χ2n) is 6.85. The Hall–Kier alpha value is -1.82. The number of rotatable bonds is 3. The van der Waals surface area contributed by atoms with Gasteiger partial charge in [-0.3, -0.25) is 4.79 Å². The van der Waals surface area contributed by atoms with E-state index < -0.39 is 17.7 Å². The van der Waals surface area contributed by atoms with Gasteiger partial charge in [0.1, 0.15) is 5.82 Å². The normalized spacial score (nSPS) is 29.2. The number of likely N-dealkylation sites (tertiary alicyclic amines) is 1. The van der Waals surface area contributed by atoms with Crippen LogP contribution in [0.5, 0.6) is 0 Å². The number of nitrogens with one attached hydrogen (secondary N) is 1. The fraction of sp³-hybridized carbons (Fsp3) is 0.529. The van der Waals surface area contributed by atoms with E-state index in [-0.39, 0.29) is 35.5 Å². The van der Waals surface area contributed by atoms with Crippen LogP contribution in [-0.2, 0) is 4.79 Å². The van der Waals surface area contributed by atoms with Crippen LogP contribution in [0.1, 0.15) is 31.2 Å². The quantitative estimate of drug-likeness (QED) is 0.876. The Morgan fingerprint density at radius 2 is 2.08 bits per heavy atom. The summed E-state index contributed by atoms with van der Waals surface area (Å²) < 4.78 is 13.5. The summed E-state index contributed by atoms with van der Waals surface area (Å²) in [5.74, 6) is -1.59. The summed E-state index contributed by atoms with van der Waals surface area (Å²) >= 11 is 5.68. The Kier molecular flexibility index (Phi) is 4.67. The van der Waals surface area contributed by atoms with E-state index in [1.807, 2.05) is 6.92 Å². The predicted molar refractivity (Wildman–Crippen MR) is 87.6 cm³/mol. The molecule has 5 nitrogen and oxygen atoms in total. The first kappa shape index (κ1) is 17.0. The minimum atomic E-state index is -0.861. The lowest BCUT2D eigenvalue weighted by molar-refractivity contribution is -0.143. The Balaban J connectivity index is 1.58. The van der Waals surface area contributed by atoms with Crippen molar-refractivity contribution in [3.05, 3.63) is 34.6 Å². The van der Waals surface area contributed by atoms with Crippen LogP contribution in [0.3, 0.4) is 0 Å². The first-order valence-electron chi connectivity index (χ1n) is 8.08. The largest absolute Gasteiger partial charge is 0.481 e. The molecule has 1 aliphatic heterocycles. The smallest absolute Gasteiger partial charge is 0.317 e. The maximum atomic E-state index is 13.5. The molecule has 1 aromatic rings. The Morgan fingerprint density at radius 3 is 2.75 bits per heavy atom. The van der Waals surface area contributed by atoms with Crippen LogP contribution in [0.4, 0.5) is 9.18 Å². The summed E-state index contributed by atoms with van der Waals surface area (Å²) in [6, 6.07) is 4.41. The molecule has 2 N–H and O–H groups in total. The molecule has 0 bridgehead atoms. The molecule has 0 aromatic heterocycles. The minimum Gasteiger partial charge on any atom is -0.481 e. The second kappa shape index (κ2) is 6.59. The van der Waals surface area contributed by atoms with Gasteiger partial charge in [0.2, 0.25) is 0 Å². The summed E-state index contributed by atoms with van der Waals surface area (Å²) in [4.78, 5) is 25.2. The van der Waals surface area contributed by atoms with Gasteiger partial charge in [-0.05, 0) is 36.5 Å². The van der Waals surface area contributed by atoms with Gasteiger partial charge >= 0.3 is 12.0 Å². The number of carboxylic acid groups (broad SMARTS) is 1. The maximum Gasteiger partial charge on any atom is 0.317 e. The predicted octanol–water partition coefficient (Wildman–Crippen LogP) is 3.09. The number of halogens is 2. The van der Waals surface area contributed by atoms with Gasteiger partial charge in [0.25, 0.3) is 0 Å². The van der Waals surface area contributed by atoms with Crippen LogP contribution in [0, 0.1) is 17.7 Å². The zero-order valence-corrected chi connectivity index (χ0v) is 14.1. The molecule has 2 aliphatic rings. The molecule has 0 radical (unpaired) electrons. The molecule has 1 aromatic carbocycles. The highest BCUT2D eigenvalue weighted by Gasteiger charge is 2.41. The number of carboxylic acids is 1. The molecular weight excluding hydrogens is 335 g/mol. The van der Waals surface area contributed by atoms with Crippen molar-refractivity contribution in [2.45, 2.75) is 31.7 Å². The number of nitrogens with zero attached hydrogens (tertiary/aromatic N) is 1. The third-order valence-corrected chi connectivity index (χ3v) is 5.07. The summed E-state index contributed by atoms with van der Waals surface area (Å²) in [7, 11) is 0. The van der Waals surface area contributed by atoms with Crippen molar-refractivity contribution in [1.82, 2.24) is 10.2 Å². The van der Waals surface area contributed by atoms with E-state index in [4.69, 9.17) is 11.6 Å². The van der Waals surface area contributed by atoms with Crippen LogP contribution in [0.2, 0.25) is 5.02 Å². The van der Waals surface area contributed by atoms with Gasteiger partial charge in [0.15, 0.2) is 0 Å². The molecule has 24 heavy (non-hydrogen) atoms. The summed E-state index contributed by atoms with van der Waals surface area (Å²) in [6.45, 7) is 2.74. The molecule has 2 unspecified atom stereocenters. The standard InChI is InChI=1S/C17H20ClFN2O3/c1-9-4-11(16(22)23)8-21(7-9)17(24)20-15-6-12(15)10-2-3-13(18)14(19)5-10/h2-3,5,9,11-12,15H,4,6-8H2,1H3,(H,20,24)(H,22,23)/t9?,11?,12-,15+/m0/s1. The van der Waals surface area contributed by atoms with Crippen LogP contribution < -0.4 is 5.32 Å². The zero-order chi connectivity index (χ0) is 17.4. The van der Waals surface area contributed by atoms with Crippen LogP contribution in [-0.4, -0.2) is 41.1 Å². The highest BCUT2D eigenvalue weighted by Crippen LogP contribution is 2.41. The Labute approximate surface area is 144 Å². The van der Waals surface area contributed by atoms with Gasteiger partial charge in [-0.2, -0.15) is 0 Å². The molecule has 3 rings (SSSR count). The number of carbonyl (C=O) groups is 2. The van der Waals surface area contributed by atoms with E-state index in [1.54, 1.807) is 11.0 Å². The Morgan fingerprint density at radius 1 is 1.33 bits per heavy atom. The lowest BCUT2D eigenvalue weighted by atomic mass is 9.91. The van der Waals surface area contributed by atoms with Crippen molar-refractivity contribution in [3.63, 3.8) is 0 Å². The van der Waals surface area contributed by atoms with E-state index in [9.17, 15) is 19.1 Å². The molecule has 1 aliphatic carbocycles.